The molecule has 0 aromatic carbocycles. The number of hydrogen-bond donors (Lipinski definition) is 1. The summed E-state index contributed by atoms with van der Waals surface area (Å²) in [5.74, 6) is 2.32. The zero-order chi connectivity index (χ0) is 11.0. The van der Waals surface area contributed by atoms with Crippen molar-refractivity contribution in [2.24, 2.45) is 11.7 Å². The van der Waals surface area contributed by atoms with Crippen LogP contribution in [-0.4, -0.2) is 16.1 Å². The molecule has 1 aliphatic heterocycles. The van der Waals surface area contributed by atoms with Crippen molar-refractivity contribution in [1.29, 1.82) is 0 Å². The van der Waals surface area contributed by atoms with Gasteiger partial charge in [-0.2, -0.15) is 0 Å². The van der Waals surface area contributed by atoms with Crippen LogP contribution in [0, 0.1) is 5.92 Å². The summed E-state index contributed by atoms with van der Waals surface area (Å²) in [6.07, 6.45) is 2.25. The molecule has 84 valence electrons. The Kier molecular flexibility index (Phi) is 3.16. The first-order valence-electron chi connectivity index (χ1n) is 5.58. The monoisotopic (exact) mass is 271 g/mol. The molecule has 0 bridgehead atoms. The number of fused-ring (bicyclic) bond motifs is 1. The molecule has 0 fully saturated rings. The van der Waals surface area contributed by atoms with E-state index in [1.807, 2.05) is 0 Å². The van der Waals surface area contributed by atoms with Crippen molar-refractivity contribution in [3.05, 3.63) is 16.1 Å². The Morgan fingerprint density at radius 3 is 2.93 bits per heavy atom. The number of halogens is 1. The second-order valence-electron chi connectivity index (χ2n) is 4.61. The smallest absolute Gasteiger partial charge is 0.127 e. The molecule has 0 saturated carbocycles. The molecular formula is C11H18BrN3. The first-order valence-corrected chi connectivity index (χ1v) is 6.37. The Morgan fingerprint density at radius 2 is 2.33 bits per heavy atom. The lowest BCUT2D eigenvalue weighted by Gasteiger charge is -2.24. The van der Waals surface area contributed by atoms with E-state index in [9.17, 15) is 0 Å². The Bertz CT molecular complexity index is 357. The molecule has 2 heterocycles. The Morgan fingerprint density at radius 1 is 1.60 bits per heavy atom. The summed E-state index contributed by atoms with van der Waals surface area (Å²) in [5, 5.41) is 0. The molecule has 0 aliphatic carbocycles. The van der Waals surface area contributed by atoms with E-state index in [0.29, 0.717) is 11.8 Å². The third-order valence-corrected chi connectivity index (χ3v) is 3.78. The molecular weight excluding hydrogens is 254 g/mol. The molecule has 2 N–H and O–H groups in total. The first-order chi connectivity index (χ1) is 7.13. The summed E-state index contributed by atoms with van der Waals surface area (Å²) in [4.78, 5) is 4.60. The minimum atomic E-state index is 0.490. The van der Waals surface area contributed by atoms with Gasteiger partial charge in [0.05, 0.1) is 5.69 Å². The molecule has 3 nitrogen and oxygen atoms in total. The van der Waals surface area contributed by atoms with Crippen LogP contribution in [0.25, 0.3) is 0 Å². The second kappa shape index (κ2) is 4.26. The van der Waals surface area contributed by atoms with Crippen molar-refractivity contribution in [2.75, 3.05) is 6.54 Å². The largest absolute Gasteiger partial charge is 0.331 e. The lowest BCUT2D eigenvalue weighted by atomic mass is 9.96. The number of rotatable bonds is 2. The minimum absolute atomic E-state index is 0.490. The van der Waals surface area contributed by atoms with E-state index in [4.69, 9.17) is 5.73 Å². The maximum absolute atomic E-state index is 5.73. The van der Waals surface area contributed by atoms with Crippen LogP contribution in [-0.2, 0) is 13.0 Å². The SMILES string of the molecule is CC(C)c1nc(Br)c2n1CCC(CN)C2. The van der Waals surface area contributed by atoms with Crippen LogP contribution in [0.3, 0.4) is 0 Å². The fraction of sp³-hybridized carbons (Fsp3) is 0.727. The van der Waals surface area contributed by atoms with Crippen LogP contribution in [0.15, 0.2) is 4.60 Å². The highest BCUT2D eigenvalue weighted by molar-refractivity contribution is 9.10. The van der Waals surface area contributed by atoms with Crippen molar-refractivity contribution in [3.8, 4) is 0 Å². The van der Waals surface area contributed by atoms with Crippen molar-refractivity contribution >= 4 is 15.9 Å². The van der Waals surface area contributed by atoms with Gasteiger partial charge in [0.1, 0.15) is 10.4 Å². The molecule has 15 heavy (non-hydrogen) atoms. The van der Waals surface area contributed by atoms with Gasteiger partial charge in [0.25, 0.3) is 0 Å². The van der Waals surface area contributed by atoms with Crippen molar-refractivity contribution < 1.29 is 0 Å². The molecule has 1 aliphatic rings. The predicted molar refractivity (Wildman–Crippen MR) is 64.9 cm³/mol. The standard InChI is InChI=1S/C11H18BrN3/c1-7(2)11-14-10(12)9-5-8(6-13)3-4-15(9)11/h7-8H,3-6,13H2,1-2H3. The van der Waals surface area contributed by atoms with Crippen molar-refractivity contribution in [3.63, 3.8) is 0 Å². The highest BCUT2D eigenvalue weighted by Crippen LogP contribution is 2.30. The summed E-state index contributed by atoms with van der Waals surface area (Å²) < 4.78 is 3.38. The Hall–Kier alpha value is -0.350. The third kappa shape index (κ3) is 1.97. The van der Waals surface area contributed by atoms with Gasteiger partial charge in [0.2, 0.25) is 0 Å². The summed E-state index contributed by atoms with van der Waals surface area (Å²) in [6, 6.07) is 0. The number of hydrogen-bond acceptors (Lipinski definition) is 2. The normalized spacial score (nSPS) is 20.7. The minimum Gasteiger partial charge on any atom is -0.331 e. The van der Waals surface area contributed by atoms with Crippen LogP contribution in [0.4, 0.5) is 0 Å². The molecule has 4 heteroatoms. The molecule has 0 radical (unpaired) electrons. The van der Waals surface area contributed by atoms with Gasteiger partial charge in [-0.25, -0.2) is 4.98 Å². The van der Waals surface area contributed by atoms with Crippen LogP contribution in [0.5, 0.6) is 0 Å². The average molecular weight is 272 g/mol. The predicted octanol–water partition coefficient (Wildman–Crippen LogP) is 2.29. The van der Waals surface area contributed by atoms with E-state index in [1.165, 1.54) is 17.9 Å². The van der Waals surface area contributed by atoms with Gasteiger partial charge >= 0.3 is 0 Å². The van der Waals surface area contributed by atoms with E-state index >= 15 is 0 Å². The van der Waals surface area contributed by atoms with Gasteiger partial charge in [0.15, 0.2) is 0 Å². The fourth-order valence-electron chi connectivity index (χ4n) is 2.25. The number of nitrogens with zero attached hydrogens (tertiary/aromatic N) is 2. The maximum Gasteiger partial charge on any atom is 0.127 e. The summed E-state index contributed by atoms with van der Waals surface area (Å²) in [7, 11) is 0. The molecule has 1 aromatic heterocycles. The zero-order valence-corrected chi connectivity index (χ0v) is 10.9. The van der Waals surface area contributed by atoms with Crippen LogP contribution >= 0.6 is 15.9 Å². The molecule has 2 rings (SSSR count). The topological polar surface area (TPSA) is 43.8 Å². The Balaban J connectivity index is 2.35. The lowest BCUT2D eigenvalue weighted by molar-refractivity contribution is 0.386. The van der Waals surface area contributed by atoms with Gasteiger partial charge < -0.3 is 10.3 Å². The molecule has 0 amide bonds. The second-order valence-corrected chi connectivity index (χ2v) is 5.36. The lowest BCUT2D eigenvalue weighted by Crippen LogP contribution is -2.26. The summed E-state index contributed by atoms with van der Waals surface area (Å²) >= 11 is 3.56. The summed E-state index contributed by atoms with van der Waals surface area (Å²) in [5.41, 5.74) is 7.07. The van der Waals surface area contributed by atoms with E-state index in [0.717, 1.165) is 24.1 Å². The van der Waals surface area contributed by atoms with Crippen LogP contribution < -0.4 is 5.73 Å². The number of nitrogens with two attached hydrogens (primary N) is 1. The molecule has 0 saturated heterocycles. The zero-order valence-electron chi connectivity index (χ0n) is 9.33. The van der Waals surface area contributed by atoms with Crippen molar-refractivity contribution in [1.82, 2.24) is 9.55 Å². The van der Waals surface area contributed by atoms with Gasteiger partial charge in [-0.15, -0.1) is 0 Å². The van der Waals surface area contributed by atoms with E-state index in [-0.39, 0.29) is 0 Å². The molecule has 0 spiro atoms. The van der Waals surface area contributed by atoms with E-state index < -0.39 is 0 Å². The highest BCUT2D eigenvalue weighted by Gasteiger charge is 2.24. The van der Waals surface area contributed by atoms with Gasteiger partial charge in [0, 0.05) is 12.5 Å². The summed E-state index contributed by atoms with van der Waals surface area (Å²) in [6.45, 7) is 6.24. The van der Waals surface area contributed by atoms with Gasteiger partial charge in [-0.1, -0.05) is 13.8 Å². The van der Waals surface area contributed by atoms with Crippen LogP contribution in [0.1, 0.15) is 37.7 Å². The highest BCUT2D eigenvalue weighted by atomic mass is 79.9. The third-order valence-electron chi connectivity index (χ3n) is 3.15. The maximum atomic E-state index is 5.73. The number of aromatic nitrogens is 2. The quantitative estimate of drug-likeness (QED) is 0.897. The van der Waals surface area contributed by atoms with E-state index in [1.54, 1.807) is 0 Å². The Labute approximate surface area is 99.2 Å². The van der Waals surface area contributed by atoms with Gasteiger partial charge in [-0.3, -0.25) is 0 Å². The molecule has 1 aromatic rings. The van der Waals surface area contributed by atoms with E-state index in [2.05, 4.69) is 39.3 Å². The fourth-order valence-corrected chi connectivity index (χ4v) is 2.81. The van der Waals surface area contributed by atoms with Gasteiger partial charge in [-0.05, 0) is 41.2 Å². The molecule has 1 unspecified atom stereocenters. The first kappa shape index (κ1) is 11.1. The van der Waals surface area contributed by atoms with Crippen molar-refractivity contribution in [2.45, 2.75) is 39.2 Å². The van der Waals surface area contributed by atoms with Crippen LogP contribution in [0.2, 0.25) is 0 Å². The molecule has 1 atom stereocenters. The average Bonchev–Trinajstić information content (AvgIpc) is 2.56. The number of imidazole rings is 1.